The van der Waals surface area contributed by atoms with Gasteiger partial charge in [-0.05, 0) is 59.4 Å². The Morgan fingerprint density at radius 3 is 2.00 bits per heavy atom. The summed E-state index contributed by atoms with van der Waals surface area (Å²) in [6, 6.07) is 21.6. The Morgan fingerprint density at radius 1 is 1.03 bits per heavy atom. The number of aldehydes is 1. The predicted octanol–water partition coefficient (Wildman–Crippen LogP) is 6.95. The SMILES string of the molecule is C=CCC(C[C@H]1C(C)=CC[C@H](C(C)C)[C@H]1C=O)O[Si](c1ccccc1)(c1ccccc1)C(C)(C)C. The van der Waals surface area contributed by atoms with Crippen molar-refractivity contribution in [2.75, 3.05) is 0 Å². The Balaban J connectivity index is 2.09. The zero-order valence-electron chi connectivity index (χ0n) is 22.5. The van der Waals surface area contributed by atoms with Gasteiger partial charge in [0.2, 0.25) is 0 Å². The largest absolute Gasteiger partial charge is 0.404 e. The Kier molecular flexibility index (Phi) is 9.12. The lowest BCUT2D eigenvalue weighted by Crippen LogP contribution is -2.67. The van der Waals surface area contributed by atoms with Crippen molar-refractivity contribution in [2.45, 2.75) is 71.9 Å². The first-order chi connectivity index (χ1) is 16.7. The Hall–Kier alpha value is -2.23. The average Bonchev–Trinajstić information content (AvgIpc) is 2.83. The van der Waals surface area contributed by atoms with E-state index in [0.29, 0.717) is 11.8 Å². The molecule has 0 heterocycles. The molecule has 1 aliphatic rings. The number of hydrogen-bond acceptors (Lipinski definition) is 2. The van der Waals surface area contributed by atoms with Crippen LogP contribution in [0.2, 0.25) is 5.04 Å². The maximum atomic E-state index is 12.4. The third kappa shape index (κ3) is 5.78. The first kappa shape index (κ1) is 27.4. The Morgan fingerprint density at radius 2 is 1.57 bits per heavy atom. The molecule has 0 saturated carbocycles. The fourth-order valence-corrected chi connectivity index (χ4v) is 10.8. The van der Waals surface area contributed by atoms with Crippen molar-refractivity contribution in [3.05, 3.63) is 85.0 Å². The van der Waals surface area contributed by atoms with E-state index in [9.17, 15) is 4.79 Å². The summed E-state index contributed by atoms with van der Waals surface area (Å²) >= 11 is 0. The number of carbonyl (C=O) groups excluding carboxylic acids is 1. The van der Waals surface area contributed by atoms with Gasteiger partial charge in [0.15, 0.2) is 0 Å². The molecule has 0 N–H and O–H groups in total. The van der Waals surface area contributed by atoms with Crippen LogP contribution in [0.1, 0.15) is 60.8 Å². The predicted molar refractivity (Wildman–Crippen MR) is 152 cm³/mol. The van der Waals surface area contributed by atoms with Crippen molar-refractivity contribution in [3.8, 4) is 0 Å². The first-order valence-electron chi connectivity index (χ1n) is 13.2. The second kappa shape index (κ2) is 11.7. The van der Waals surface area contributed by atoms with E-state index in [1.165, 1.54) is 22.2 Å². The number of rotatable bonds is 10. The molecule has 0 aromatic heterocycles. The zero-order chi connectivity index (χ0) is 25.6. The summed E-state index contributed by atoms with van der Waals surface area (Å²) in [7, 11) is -2.68. The molecule has 0 amide bonds. The number of allylic oxidation sites excluding steroid dienone is 2. The molecule has 2 aromatic rings. The summed E-state index contributed by atoms with van der Waals surface area (Å²) in [6.45, 7) is 17.7. The lowest BCUT2D eigenvalue weighted by molar-refractivity contribution is -0.115. The molecule has 0 aliphatic heterocycles. The van der Waals surface area contributed by atoms with Gasteiger partial charge in [-0.25, -0.2) is 0 Å². The molecular formula is C32H44O2Si. The molecule has 35 heavy (non-hydrogen) atoms. The van der Waals surface area contributed by atoms with E-state index < -0.39 is 8.32 Å². The molecule has 3 rings (SSSR count). The van der Waals surface area contributed by atoms with E-state index in [4.69, 9.17) is 4.43 Å². The molecule has 1 unspecified atom stereocenters. The average molecular weight is 489 g/mol. The van der Waals surface area contributed by atoms with Crippen molar-refractivity contribution in [1.82, 2.24) is 0 Å². The standard InChI is InChI=1S/C32H44O2Si/c1-8-15-26(22-30-25(4)20-21-29(24(2)3)31(30)23-33)34-35(32(5,6)7,27-16-11-9-12-17-27)28-18-13-10-14-19-28/h8-14,16-20,23-24,26,29-31H,1,15,21-22H2,2-7H3/t26?,29-,30+,31-/m1/s1. The molecule has 0 saturated heterocycles. The third-order valence-electron chi connectivity index (χ3n) is 7.98. The number of carbonyl (C=O) groups is 1. The first-order valence-corrected chi connectivity index (χ1v) is 15.1. The quantitative estimate of drug-likeness (QED) is 0.205. The highest BCUT2D eigenvalue weighted by Crippen LogP contribution is 2.43. The van der Waals surface area contributed by atoms with Gasteiger partial charge in [-0.3, -0.25) is 0 Å². The second-order valence-electron chi connectivity index (χ2n) is 11.6. The van der Waals surface area contributed by atoms with Crippen LogP contribution in [0.25, 0.3) is 0 Å². The molecule has 188 valence electrons. The van der Waals surface area contributed by atoms with Gasteiger partial charge in [0.05, 0.1) is 0 Å². The molecule has 0 bridgehead atoms. The van der Waals surface area contributed by atoms with Crippen LogP contribution in [0.3, 0.4) is 0 Å². The molecular weight excluding hydrogens is 444 g/mol. The van der Waals surface area contributed by atoms with Crippen LogP contribution in [0, 0.1) is 23.7 Å². The summed E-state index contributed by atoms with van der Waals surface area (Å²) in [5.74, 6) is 1.11. The van der Waals surface area contributed by atoms with Crippen LogP contribution in [0.5, 0.6) is 0 Å². The third-order valence-corrected chi connectivity index (χ3v) is 13.1. The fraction of sp³-hybridized carbons (Fsp3) is 0.469. The van der Waals surface area contributed by atoms with E-state index in [0.717, 1.165) is 19.3 Å². The summed E-state index contributed by atoms with van der Waals surface area (Å²) in [5.41, 5.74) is 1.33. The minimum absolute atomic E-state index is 0.0134. The number of benzene rings is 2. The van der Waals surface area contributed by atoms with Crippen molar-refractivity contribution in [3.63, 3.8) is 0 Å². The van der Waals surface area contributed by atoms with E-state index in [2.05, 4.69) is 115 Å². The Labute approximate surface area is 214 Å². The van der Waals surface area contributed by atoms with Crippen LogP contribution in [-0.2, 0) is 9.22 Å². The Bertz CT molecular complexity index is 948. The molecule has 1 aliphatic carbocycles. The normalized spacial score (nSPS) is 21.9. The maximum Gasteiger partial charge on any atom is 0.261 e. The van der Waals surface area contributed by atoms with Gasteiger partial charge in [0.1, 0.15) is 6.29 Å². The molecule has 0 spiro atoms. The highest BCUT2D eigenvalue weighted by molar-refractivity contribution is 6.99. The van der Waals surface area contributed by atoms with Crippen molar-refractivity contribution >= 4 is 25.0 Å². The molecule has 3 heteroatoms. The van der Waals surface area contributed by atoms with Crippen LogP contribution >= 0.6 is 0 Å². The summed E-state index contributed by atoms with van der Waals surface area (Å²) in [6.07, 6.45) is 8.16. The summed E-state index contributed by atoms with van der Waals surface area (Å²) < 4.78 is 7.48. The minimum atomic E-state index is -2.68. The van der Waals surface area contributed by atoms with Gasteiger partial charge in [-0.1, -0.05) is 113 Å². The van der Waals surface area contributed by atoms with Crippen molar-refractivity contribution in [1.29, 1.82) is 0 Å². The van der Waals surface area contributed by atoms with Crippen molar-refractivity contribution < 1.29 is 9.22 Å². The van der Waals surface area contributed by atoms with Gasteiger partial charge in [0, 0.05) is 12.0 Å². The highest BCUT2D eigenvalue weighted by atomic mass is 28.4. The lowest BCUT2D eigenvalue weighted by atomic mass is 9.67. The molecule has 2 nitrogen and oxygen atoms in total. The van der Waals surface area contributed by atoms with Crippen molar-refractivity contribution in [2.24, 2.45) is 23.7 Å². The summed E-state index contributed by atoms with van der Waals surface area (Å²) in [5, 5.41) is 2.49. The highest BCUT2D eigenvalue weighted by Gasteiger charge is 2.51. The van der Waals surface area contributed by atoms with E-state index in [-0.39, 0.29) is 23.0 Å². The molecule has 0 radical (unpaired) electrons. The van der Waals surface area contributed by atoms with E-state index in [1.807, 2.05) is 6.08 Å². The maximum absolute atomic E-state index is 12.4. The molecule has 4 atom stereocenters. The number of hydrogen-bond donors (Lipinski definition) is 0. The van der Waals surface area contributed by atoms with Gasteiger partial charge in [-0.15, -0.1) is 6.58 Å². The summed E-state index contributed by atoms with van der Waals surface area (Å²) in [4.78, 5) is 12.4. The topological polar surface area (TPSA) is 26.3 Å². The van der Waals surface area contributed by atoms with E-state index in [1.54, 1.807) is 0 Å². The van der Waals surface area contributed by atoms with Gasteiger partial charge in [0.25, 0.3) is 8.32 Å². The fourth-order valence-electron chi connectivity index (χ4n) is 6.09. The van der Waals surface area contributed by atoms with Crippen LogP contribution in [0.15, 0.2) is 85.0 Å². The molecule has 0 fully saturated rings. The van der Waals surface area contributed by atoms with Gasteiger partial charge in [-0.2, -0.15) is 0 Å². The van der Waals surface area contributed by atoms with E-state index >= 15 is 0 Å². The zero-order valence-corrected chi connectivity index (χ0v) is 23.5. The van der Waals surface area contributed by atoms with Crippen LogP contribution < -0.4 is 10.4 Å². The lowest BCUT2D eigenvalue weighted by Gasteiger charge is -2.46. The molecule has 2 aromatic carbocycles. The monoisotopic (exact) mass is 488 g/mol. The van der Waals surface area contributed by atoms with Crippen LogP contribution in [0.4, 0.5) is 0 Å². The van der Waals surface area contributed by atoms with Crippen LogP contribution in [-0.4, -0.2) is 20.7 Å². The smallest absolute Gasteiger partial charge is 0.261 e. The second-order valence-corrected chi connectivity index (χ2v) is 15.8. The van der Waals surface area contributed by atoms with Gasteiger partial charge >= 0.3 is 0 Å². The van der Waals surface area contributed by atoms with Gasteiger partial charge < -0.3 is 9.22 Å². The minimum Gasteiger partial charge on any atom is -0.404 e.